The Labute approximate surface area is 145 Å². The largest absolute Gasteiger partial charge is 0.496 e. The van der Waals surface area contributed by atoms with Crippen LogP contribution in [0.15, 0.2) is 18.2 Å². The van der Waals surface area contributed by atoms with Crippen molar-refractivity contribution in [2.75, 3.05) is 20.2 Å². The molecular weight excluding hydrogens is 371 g/mol. The van der Waals surface area contributed by atoms with Gasteiger partial charge in [-0.05, 0) is 37.5 Å². The summed E-state index contributed by atoms with van der Waals surface area (Å²) >= 11 is 0. The smallest absolute Gasteiger partial charge is 0.460 e. The zero-order chi connectivity index (χ0) is 20.3. The van der Waals surface area contributed by atoms with Crippen LogP contribution in [-0.4, -0.2) is 49.0 Å². The number of nitrogens with zero attached hydrogens (tertiary/aromatic N) is 1. The van der Waals surface area contributed by atoms with Crippen LogP contribution in [0, 0.1) is 6.92 Å². The molecule has 148 valence electrons. The Bertz CT molecular complexity index is 644. The van der Waals surface area contributed by atoms with Crippen molar-refractivity contribution in [3.05, 3.63) is 29.3 Å². The minimum Gasteiger partial charge on any atom is -0.496 e. The summed E-state index contributed by atoms with van der Waals surface area (Å²) < 4.78 is 94.9. The van der Waals surface area contributed by atoms with Crippen molar-refractivity contribution >= 4 is 5.91 Å². The van der Waals surface area contributed by atoms with Crippen LogP contribution >= 0.6 is 0 Å². The normalized spacial score (nSPS) is 12.8. The van der Waals surface area contributed by atoms with E-state index >= 15 is 0 Å². The highest BCUT2D eigenvalue weighted by molar-refractivity contribution is 5.85. The fraction of sp³-hybridized carbons (Fsp3) is 0.562. The van der Waals surface area contributed by atoms with Gasteiger partial charge >= 0.3 is 18.0 Å². The van der Waals surface area contributed by atoms with Crippen molar-refractivity contribution in [3.63, 3.8) is 0 Å². The molecule has 0 spiro atoms. The van der Waals surface area contributed by atoms with Gasteiger partial charge in [-0.2, -0.15) is 30.7 Å². The maximum Gasteiger partial charge on any atom is 0.460 e. The number of benzene rings is 1. The van der Waals surface area contributed by atoms with Gasteiger partial charge in [-0.3, -0.25) is 4.79 Å². The van der Waals surface area contributed by atoms with Crippen molar-refractivity contribution in [3.8, 4) is 5.75 Å². The molecular formula is C16H18F7NO2. The van der Waals surface area contributed by atoms with E-state index in [4.69, 9.17) is 4.74 Å². The fourth-order valence-corrected chi connectivity index (χ4v) is 2.20. The Hall–Kier alpha value is -2.00. The van der Waals surface area contributed by atoms with E-state index in [1.165, 1.54) is 14.0 Å². The number of amides is 1. The molecule has 1 aromatic carbocycles. The summed E-state index contributed by atoms with van der Waals surface area (Å²) in [5, 5.41) is 0. The fourth-order valence-electron chi connectivity index (χ4n) is 2.20. The summed E-state index contributed by atoms with van der Waals surface area (Å²) in [4.78, 5) is 11.9. The number of methoxy groups -OCH3 is 1. The third kappa shape index (κ3) is 4.21. The van der Waals surface area contributed by atoms with E-state index < -0.39 is 37.0 Å². The van der Waals surface area contributed by atoms with Gasteiger partial charge in [-0.15, -0.1) is 0 Å². The number of ether oxygens (including phenoxy) is 1. The van der Waals surface area contributed by atoms with Crippen LogP contribution < -0.4 is 4.74 Å². The molecule has 0 atom stereocenters. The molecule has 0 fully saturated rings. The summed E-state index contributed by atoms with van der Waals surface area (Å²) in [6.07, 6.45) is -6.57. The number of aryl methyl sites for hydroxylation is 1. The minimum absolute atomic E-state index is 0.0239. The molecule has 3 nitrogen and oxygen atoms in total. The first-order valence-electron chi connectivity index (χ1n) is 7.54. The van der Waals surface area contributed by atoms with Gasteiger partial charge in [-0.1, -0.05) is 12.1 Å². The number of rotatable bonds is 7. The Morgan fingerprint density at radius 2 is 1.69 bits per heavy atom. The first kappa shape index (κ1) is 22.0. The van der Waals surface area contributed by atoms with Gasteiger partial charge in [-0.25, -0.2) is 0 Å². The second kappa shape index (κ2) is 7.71. The second-order valence-electron chi connectivity index (χ2n) is 5.59. The van der Waals surface area contributed by atoms with Gasteiger partial charge in [0.15, 0.2) is 0 Å². The molecule has 0 aliphatic carbocycles. The lowest BCUT2D eigenvalue weighted by Gasteiger charge is -2.31. The van der Waals surface area contributed by atoms with Crippen LogP contribution in [0.2, 0.25) is 0 Å². The molecule has 0 saturated carbocycles. The van der Waals surface area contributed by atoms with Crippen LogP contribution in [0.3, 0.4) is 0 Å². The lowest BCUT2D eigenvalue weighted by molar-refractivity contribution is -0.345. The van der Waals surface area contributed by atoms with Gasteiger partial charge in [0, 0.05) is 13.1 Å². The molecule has 1 aromatic rings. The summed E-state index contributed by atoms with van der Waals surface area (Å²) in [7, 11) is 1.41. The summed E-state index contributed by atoms with van der Waals surface area (Å²) in [6.45, 7) is 2.05. The van der Waals surface area contributed by atoms with Gasteiger partial charge < -0.3 is 9.64 Å². The molecule has 1 rings (SSSR count). The average molecular weight is 389 g/mol. The van der Waals surface area contributed by atoms with E-state index in [0.717, 1.165) is 5.56 Å². The third-order valence-corrected chi connectivity index (χ3v) is 3.83. The lowest BCUT2D eigenvalue weighted by atomic mass is 10.1. The molecule has 0 heterocycles. The molecule has 0 aliphatic heterocycles. The molecule has 0 N–H and O–H groups in total. The molecule has 0 aliphatic rings. The maximum absolute atomic E-state index is 13.5. The number of halogens is 7. The van der Waals surface area contributed by atoms with Gasteiger partial charge in [0.05, 0.1) is 7.11 Å². The molecule has 10 heteroatoms. The molecule has 26 heavy (non-hydrogen) atoms. The summed E-state index contributed by atoms with van der Waals surface area (Å²) in [5.74, 6) is -14.4. The Morgan fingerprint density at radius 1 is 1.12 bits per heavy atom. The van der Waals surface area contributed by atoms with Crippen molar-refractivity contribution < 1.29 is 40.3 Å². The van der Waals surface area contributed by atoms with E-state index in [9.17, 15) is 35.5 Å². The zero-order valence-corrected chi connectivity index (χ0v) is 14.3. The summed E-state index contributed by atoms with van der Waals surface area (Å²) in [5.41, 5.74) is 1.33. The molecule has 0 aromatic heterocycles. The number of carbonyl (C=O) groups is 1. The molecule has 1 amide bonds. The third-order valence-electron chi connectivity index (χ3n) is 3.83. The molecule has 0 saturated heterocycles. The van der Waals surface area contributed by atoms with E-state index in [-0.39, 0.29) is 11.3 Å². The van der Waals surface area contributed by atoms with Crippen LogP contribution in [-0.2, 0) is 11.2 Å². The molecule has 0 radical (unpaired) electrons. The van der Waals surface area contributed by atoms with Crippen LogP contribution in [0.4, 0.5) is 30.7 Å². The van der Waals surface area contributed by atoms with Crippen LogP contribution in [0.5, 0.6) is 5.75 Å². The predicted molar refractivity (Wildman–Crippen MR) is 79.6 cm³/mol. The van der Waals surface area contributed by atoms with E-state index in [1.807, 2.05) is 0 Å². The number of hydrogen-bond donors (Lipinski definition) is 0. The predicted octanol–water partition coefficient (Wildman–Crippen LogP) is 4.23. The topological polar surface area (TPSA) is 29.5 Å². The monoisotopic (exact) mass is 389 g/mol. The molecule has 0 bridgehead atoms. The highest BCUT2D eigenvalue weighted by Gasteiger charge is 2.76. The number of hydrogen-bond acceptors (Lipinski definition) is 2. The zero-order valence-electron chi connectivity index (χ0n) is 14.3. The lowest BCUT2D eigenvalue weighted by Crippen LogP contribution is -2.60. The van der Waals surface area contributed by atoms with Crippen molar-refractivity contribution in [1.29, 1.82) is 0 Å². The van der Waals surface area contributed by atoms with E-state index in [0.29, 0.717) is 11.3 Å². The minimum atomic E-state index is -6.55. The van der Waals surface area contributed by atoms with E-state index in [1.54, 1.807) is 25.1 Å². The SMILES string of the molecule is CCN(CCc1ccc(C)c(OC)c1)C(=O)C(F)(F)C(F)(F)C(F)(F)F. The first-order valence-corrected chi connectivity index (χ1v) is 7.54. The Morgan fingerprint density at radius 3 is 2.15 bits per heavy atom. The molecule has 0 unspecified atom stereocenters. The van der Waals surface area contributed by atoms with E-state index in [2.05, 4.69) is 0 Å². The summed E-state index contributed by atoms with van der Waals surface area (Å²) in [6, 6.07) is 4.84. The van der Waals surface area contributed by atoms with Crippen molar-refractivity contribution in [2.24, 2.45) is 0 Å². The van der Waals surface area contributed by atoms with Crippen molar-refractivity contribution in [2.45, 2.75) is 38.3 Å². The Balaban J connectivity index is 2.96. The Kier molecular flexibility index (Phi) is 6.54. The number of likely N-dealkylation sites (N-methyl/N-ethyl adjacent to an activating group) is 1. The van der Waals surface area contributed by atoms with Crippen LogP contribution in [0.25, 0.3) is 0 Å². The highest BCUT2D eigenvalue weighted by Crippen LogP contribution is 2.47. The van der Waals surface area contributed by atoms with Gasteiger partial charge in [0.2, 0.25) is 0 Å². The van der Waals surface area contributed by atoms with Crippen LogP contribution in [0.1, 0.15) is 18.1 Å². The standard InChI is InChI=1S/C16H18F7NO2/c1-4-24(8-7-11-6-5-10(2)12(9-11)26-3)13(25)14(17,18)15(19,20)16(21,22)23/h5-6,9H,4,7-8H2,1-3H3. The van der Waals surface area contributed by atoms with Crippen molar-refractivity contribution in [1.82, 2.24) is 4.90 Å². The number of alkyl halides is 7. The average Bonchev–Trinajstić information content (AvgIpc) is 2.55. The van der Waals surface area contributed by atoms with Gasteiger partial charge in [0.1, 0.15) is 5.75 Å². The number of carbonyl (C=O) groups excluding carboxylic acids is 1. The quantitative estimate of drug-likeness (QED) is 0.654. The first-order chi connectivity index (χ1) is 11.8. The second-order valence-corrected chi connectivity index (χ2v) is 5.59. The maximum atomic E-state index is 13.5. The van der Waals surface area contributed by atoms with Gasteiger partial charge in [0.25, 0.3) is 5.91 Å². The highest BCUT2D eigenvalue weighted by atomic mass is 19.4.